The normalized spacial score (nSPS) is 12.4. The van der Waals surface area contributed by atoms with Crippen LogP contribution in [0.25, 0.3) is 0 Å². The molecule has 0 heterocycles. The number of rotatable bonds is 4. The maximum absolute atomic E-state index is 14.2. The Labute approximate surface area is 126 Å². The molecular weight excluding hydrogens is 324 g/mol. The van der Waals surface area contributed by atoms with E-state index in [4.69, 9.17) is 0 Å². The van der Waals surface area contributed by atoms with Crippen LogP contribution >= 0.6 is 15.9 Å². The van der Waals surface area contributed by atoms with Gasteiger partial charge >= 0.3 is 0 Å². The third kappa shape index (κ3) is 3.25. The molecule has 4 heteroatoms. The van der Waals surface area contributed by atoms with E-state index < -0.39 is 0 Å². The molecule has 0 bridgehead atoms. The quantitative estimate of drug-likeness (QED) is 0.848. The Morgan fingerprint density at radius 3 is 2.45 bits per heavy atom. The maximum atomic E-state index is 14.2. The number of halogens is 3. The lowest BCUT2D eigenvalue weighted by atomic mass is 9.97. The van der Waals surface area contributed by atoms with Crippen molar-refractivity contribution in [1.29, 1.82) is 0 Å². The predicted molar refractivity (Wildman–Crippen MR) is 80.8 cm³/mol. The molecule has 106 valence electrons. The van der Waals surface area contributed by atoms with Crippen molar-refractivity contribution in [2.75, 3.05) is 6.54 Å². The summed E-state index contributed by atoms with van der Waals surface area (Å²) in [6.07, 6.45) is 0. The molecule has 0 radical (unpaired) electrons. The van der Waals surface area contributed by atoms with E-state index in [9.17, 15) is 8.78 Å². The van der Waals surface area contributed by atoms with Gasteiger partial charge in [-0.15, -0.1) is 0 Å². The zero-order chi connectivity index (χ0) is 14.7. The molecule has 1 nitrogen and oxygen atoms in total. The lowest BCUT2D eigenvalue weighted by Gasteiger charge is -2.20. The Morgan fingerprint density at radius 2 is 1.85 bits per heavy atom. The molecule has 0 spiro atoms. The van der Waals surface area contributed by atoms with Gasteiger partial charge in [-0.05, 0) is 58.7 Å². The highest BCUT2D eigenvalue weighted by atomic mass is 79.9. The summed E-state index contributed by atoms with van der Waals surface area (Å²) in [5.41, 5.74) is 2.26. The van der Waals surface area contributed by atoms with Crippen molar-refractivity contribution >= 4 is 15.9 Å². The van der Waals surface area contributed by atoms with Gasteiger partial charge in [0, 0.05) is 5.56 Å². The van der Waals surface area contributed by atoms with Gasteiger partial charge in [0.25, 0.3) is 0 Å². The third-order valence-corrected chi connectivity index (χ3v) is 3.76. The molecule has 0 aliphatic carbocycles. The van der Waals surface area contributed by atoms with E-state index in [1.807, 2.05) is 19.9 Å². The second kappa shape index (κ2) is 6.46. The molecule has 0 fully saturated rings. The largest absolute Gasteiger partial charge is 0.306 e. The van der Waals surface area contributed by atoms with E-state index in [-0.39, 0.29) is 17.7 Å². The molecule has 20 heavy (non-hydrogen) atoms. The van der Waals surface area contributed by atoms with Crippen molar-refractivity contribution in [3.8, 4) is 0 Å². The first-order valence-corrected chi connectivity index (χ1v) is 7.26. The van der Waals surface area contributed by atoms with Crippen molar-refractivity contribution in [2.45, 2.75) is 19.9 Å². The van der Waals surface area contributed by atoms with Gasteiger partial charge in [0.05, 0.1) is 10.5 Å². The molecule has 2 rings (SSSR count). The Hall–Kier alpha value is -1.26. The van der Waals surface area contributed by atoms with Gasteiger partial charge in [-0.3, -0.25) is 0 Å². The van der Waals surface area contributed by atoms with Gasteiger partial charge < -0.3 is 5.32 Å². The SMILES string of the molecule is CCNC(c1ccc(F)c(Br)c1)c1ccc(C)cc1F. The number of hydrogen-bond donors (Lipinski definition) is 1. The van der Waals surface area contributed by atoms with Crippen LogP contribution in [0.2, 0.25) is 0 Å². The van der Waals surface area contributed by atoms with Crippen molar-refractivity contribution in [1.82, 2.24) is 5.32 Å². The van der Waals surface area contributed by atoms with Crippen molar-refractivity contribution < 1.29 is 8.78 Å². The summed E-state index contributed by atoms with van der Waals surface area (Å²) < 4.78 is 27.9. The molecule has 0 aliphatic rings. The van der Waals surface area contributed by atoms with E-state index in [1.54, 1.807) is 18.2 Å². The summed E-state index contributed by atoms with van der Waals surface area (Å²) in [5, 5.41) is 3.24. The Kier molecular flexibility index (Phi) is 4.89. The highest BCUT2D eigenvalue weighted by molar-refractivity contribution is 9.10. The molecule has 0 saturated heterocycles. The van der Waals surface area contributed by atoms with Gasteiger partial charge in [0.2, 0.25) is 0 Å². The lowest BCUT2D eigenvalue weighted by molar-refractivity contribution is 0.556. The van der Waals surface area contributed by atoms with Crippen LogP contribution < -0.4 is 5.32 Å². The molecule has 0 aliphatic heterocycles. The second-order valence-electron chi connectivity index (χ2n) is 4.69. The van der Waals surface area contributed by atoms with Crippen LogP contribution in [0.15, 0.2) is 40.9 Å². The molecular formula is C16H16BrF2N. The summed E-state index contributed by atoms with van der Waals surface area (Å²) in [6, 6.07) is 9.61. The van der Waals surface area contributed by atoms with E-state index >= 15 is 0 Å². The third-order valence-electron chi connectivity index (χ3n) is 3.15. The minimum absolute atomic E-state index is 0.253. The average molecular weight is 340 g/mol. The molecule has 2 aromatic carbocycles. The van der Waals surface area contributed by atoms with Crippen LogP contribution in [0.1, 0.15) is 29.7 Å². The molecule has 2 aromatic rings. The molecule has 0 aromatic heterocycles. The van der Waals surface area contributed by atoms with Crippen molar-refractivity contribution in [2.24, 2.45) is 0 Å². The topological polar surface area (TPSA) is 12.0 Å². The molecule has 1 N–H and O–H groups in total. The van der Waals surface area contributed by atoms with Crippen LogP contribution in [-0.2, 0) is 0 Å². The minimum Gasteiger partial charge on any atom is -0.306 e. The zero-order valence-electron chi connectivity index (χ0n) is 11.4. The van der Waals surface area contributed by atoms with Gasteiger partial charge in [-0.1, -0.05) is 25.1 Å². The van der Waals surface area contributed by atoms with Crippen LogP contribution in [0, 0.1) is 18.6 Å². The Balaban J connectivity index is 2.47. The van der Waals surface area contributed by atoms with Crippen molar-refractivity contribution in [3.05, 3.63) is 69.2 Å². The fourth-order valence-corrected chi connectivity index (χ4v) is 2.57. The molecule has 1 unspecified atom stereocenters. The fourth-order valence-electron chi connectivity index (χ4n) is 2.17. The van der Waals surface area contributed by atoms with Crippen LogP contribution in [-0.4, -0.2) is 6.54 Å². The van der Waals surface area contributed by atoms with Gasteiger partial charge in [-0.2, -0.15) is 0 Å². The van der Waals surface area contributed by atoms with Crippen molar-refractivity contribution in [3.63, 3.8) is 0 Å². The standard InChI is InChI=1S/C16H16BrF2N/c1-3-20-16(11-5-7-14(18)13(17)9-11)12-6-4-10(2)8-15(12)19/h4-9,16,20H,3H2,1-2H3. The number of nitrogens with one attached hydrogen (secondary N) is 1. The van der Waals surface area contributed by atoms with Gasteiger partial charge in [0.1, 0.15) is 11.6 Å². The summed E-state index contributed by atoms with van der Waals surface area (Å²) in [4.78, 5) is 0. The zero-order valence-corrected chi connectivity index (χ0v) is 13.0. The monoisotopic (exact) mass is 339 g/mol. The molecule has 0 amide bonds. The first-order valence-electron chi connectivity index (χ1n) is 6.47. The number of hydrogen-bond acceptors (Lipinski definition) is 1. The maximum Gasteiger partial charge on any atom is 0.137 e. The Morgan fingerprint density at radius 1 is 1.10 bits per heavy atom. The summed E-state index contributed by atoms with van der Waals surface area (Å²) >= 11 is 3.17. The highest BCUT2D eigenvalue weighted by Gasteiger charge is 2.18. The lowest BCUT2D eigenvalue weighted by Crippen LogP contribution is -2.23. The summed E-state index contributed by atoms with van der Waals surface area (Å²) in [5.74, 6) is -0.579. The molecule has 1 atom stereocenters. The van der Waals surface area contributed by atoms with Gasteiger partial charge in [0.15, 0.2) is 0 Å². The van der Waals surface area contributed by atoms with Crippen LogP contribution in [0.5, 0.6) is 0 Å². The van der Waals surface area contributed by atoms with Crippen LogP contribution in [0.4, 0.5) is 8.78 Å². The average Bonchev–Trinajstić information content (AvgIpc) is 2.40. The highest BCUT2D eigenvalue weighted by Crippen LogP contribution is 2.28. The minimum atomic E-state index is -0.326. The summed E-state index contributed by atoms with van der Waals surface area (Å²) in [7, 11) is 0. The van der Waals surface area contributed by atoms with Gasteiger partial charge in [-0.25, -0.2) is 8.78 Å². The molecule has 0 saturated carbocycles. The van der Waals surface area contributed by atoms with E-state index in [0.29, 0.717) is 16.6 Å². The summed E-state index contributed by atoms with van der Waals surface area (Å²) in [6.45, 7) is 4.49. The number of aryl methyl sites for hydroxylation is 1. The van der Waals surface area contributed by atoms with E-state index in [2.05, 4.69) is 21.2 Å². The first kappa shape index (κ1) is 15.1. The second-order valence-corrected chi connectivity index (χ2v) is 5.54. The van der Waals surface area contributed by atoms with E-state index in [1.165, 1.54) is 12.1 Å². The number of benzene rings is 2. The predicted octanol–water partition coefficient (Wildman–Crippen LogP) is 4.73. The van der Waals surface area contributed by atoms with Crippen LogP contribution in [0.3, 0.4) is 0 Å². The Bertz CT molecular complexity index is 613. The fraction of sp³-hybridized carbons (Fsp3) is 0.250. The van der Waals surface area contributed by atoms with E-state index in [0.717, 1.165) is 11.1 Å². The smallest absolute Gasteiger partial charge is 0.137 e. The first-order chi connectivity index (χ1) is 9.52.